The van der Waals surface area contributed by atoms with Crippen LogP contribution in [0.3, 0.4) is 0 Å². The highest BCUT2D eigenvalue weighted by atomic mass is 35.5. The molecule has 23 heavy (non-hydrogen) atoms. The Labute approximate surface area is 140 Å². The summed E-state index contributed by atoms with van der Waals surface area (Å²) in [7, 11) is 1.65. The van der Waals surface area contributed by atoms with Crippen molar-refractivity contribution in [2.75, 3.05) is 7.11 Å². The first-order chi connectivity index (χ1) is 10.3. The highest BCUT2D eigenvalue weighted by molar-refractivity contribution is 6.35. The molecule has 0 radical (unpaired) electrons. The predicted octanol–water partition coefficient (Wildman–Crippen LogP) is 5.06. The van der Waals surface area contributed by atoms with E-state index in [-0.39, 0.29) is 14.9 Å². The number of halogens is 1. The first-order valence-corrected chi connectivity index (χ1v) is 6.71. The summed E-state index contributed by atoms with van der Waals surface area (Å²) in [5, 5.41) is 2.74. The van der Waals surface area contributed by atoms with Crippen LogP contribution in [0.2, 0.25) is 5.02 Å². The fraction of sp³-hybridized carbons (Fsp3) is 0.176. The maximum absolute atomic E-state index is 5.84. The highest BCUT2D eigenvalue weighted by Gasteiger charge is 2.00. The minimum Gasteiger partial charge on any atom is -0.496 e. The van der Waals surface area contributed by atoms with Gasteiger partial charge in [0, 0.05) is 30.2 Å². The van der Waals surface area contributed by atoms with Gasteiger partial charge in [-0.05, 0) is 24.3 Å². The number of aromatic amines is 2. The lowest BCUT2D eigenvalue weighted by Gasteiger charge is -1.98. The molecule has 0 atom stereocenters. The van der Waals surface area contributed by atoms with Gasteiger partial charge >= 0.3 is 0 Å². The summed E-state index contributed by atoms with van der Waals surface area (Å²) in [5.41, 5.74) is 1.71. The van der Waals surface area contributed by atoms with Gasteiger partial charge in [-0.1, -0.05) is 26.5 Å². The van der Waals surface area contributed by atoms with Crippen LogP contribution in [-0.4, -0.2) is 27.0 Å². The summed E-state index contributed by atoms with van der Waals surface area (Å²) >= 11 is 5.84. The summed E-state index contributed by atoms with van der Waals surface area (Å²) in [5.74, 6) is 0.858. The lowest BCUT2D eigenvalue weighted by atomic mass is 10.3. The fourth-order valence-corrected chi connectivity index (χ4v) is 2.25. The molecular weight excluding hydrogens is 312 g/mol. The van der Waals surface area contributed by atoms with Crippen molar-refractivity contribution in [3.63, 3.8) is 0 Å². The molecule has 0 saturated carbocycles. The zero-order chi connectivity index (χ0) is 14.7. The molecule has 0 saturated heterocycles. The van der Waals surface area contributed by atoms with Gasteiger partial charge < -0.3 is 14.7 Å². The number of fused-ring (bicyclic) bond motifs is 2. The first-order valence-electron chi connectivity index (χ1n) is 6.33. The molecule has 0 aromatic carbocycles. The Bertz CT molecular complexity index is 869. The second kappa shape index (κ2) is 8.19. The third kappa shape index (κ3) is 3.81. The average molecular weight is 333 g/mol. The molecule has 4 aromatic rings. The largest absolute Gasteiger partial charge is 0.496 e. The minimum atomic E-state index is 0. The summed E-state index contributed by atoms with van der Waals surface area (Å²) in [6, 6.07) is 7.47. The van der Waals surface area contributed by atoms with Crippen LogP contribution in [0.15, 0.2) is 49.1 Å². The molecule has 122 valence electrons. The van der Waals surface area contributed by atoms with Gasteiger partial charge in [0.05, 0.1) is 17.5 Å². The van der Waals surface area contributed by atoms with Crippen LogP contribution in [0.4, 0.5) is 0 Å². The Hall–Kier alpha value is -2.53. The van der Waals surface area contributed by atoms with Crippen molar-refractivity contribution in [2.45, 2.75) is 14.9 Å². The summed E-state index contributed by atoms with van der Waals surface area (Å²) in [6.07, 6.45) is 7.07. The molecule has 0 spiro atoms. The van der Waals surface area contributed by atoms with Crippen molar-refractivity contribution in [3.05, 3.63) is 54.1 Å². The van der Waals surface area contributed by atoms with Gasteiger partial charge in [0.2, 0.25) is 0 Å². The van der Waals surface area contributed by atoms with E-state index in [1.807, 2.05) is 30.6 Å². The molecule has 0 amide bonds. The number of H-pyrrole nitrogens is 2. The van der Waals surface area contributed by atoms with Gasteiger partial charge in [0.1, 0.15) is 17.0 Å². The molecule has 0 aliphatic rings. The number of methoxy groups -OCH3 is 1. The van der Waals surface area contributed by atoms with E-state index >= 15 is 0 Å². The minimum absolute atomic E-state index is 0. The smallest absolute Gasteiger partial charge is 0.140 e. The number of ether oxygens (including phenoxy) is 1. The van der Waals surface area contributed by atoms with Crippen LogP contribution in [0.5, 0.6) is 5.75 Å². The van der Waals surface area contributed by atoms with E-state index in [4.69, 9.17) is 16.3 Å². The van der Waals surface area contributed by atoms with Crippen molar-refractivity contribution < 1.29 is 4.74 Å². The van der Waals surface area contributed by atoms with E-state index in [1.54, 1.807) is 25.6 Å². The van der Waals surface area contributed by atoms with E-state index in [2.05, 4.69) is 19.9 Å². The van der Waals surface area contributed by atoms with Gasteiger partial charge in [-0.2, -0.15) is 0 Å². The monoisotopic (exact) mass is 332 g/mol. The first kappa shape index (κ1) is 18.5. The lowest BCUT2D eigenvalue weighted by Crippen LogP contribution is -1.83. The van der Waals surface area contributed by atoms with E-state index in [0.29, 0.717) is 0 Å². The average Bonchev–Trinajstić information content (AvgIpc) is 3.16. The van der Waals surface area contributed by atoms with Gasteiger partial charge in [0.25, 0.3) is 0 Å². The molecular formula is C17H21ClN4O. The van der Waals surface area contributed by atoms with Gasteiger partial charge in [-0.15, -0.1) is 0 Å². The molecule has 0 aliphatic carbocycles. The van der Waals surface area contributed by atoms with Gasteiger partial charge in [-0.25, -0.2) is 9.97 Å². The predicted molar refractivity (Wildman–Crippen MR) is 97.2 cm³/mol. The standard InChI is InChI=1S/C8H8N2O.C7H5ClN2.2CH4/c1-11-7-3-5-10-8-6(7)2-4-9-8;8-6-2-4-10-7-5(6)1-3-9-7;;/h2-5H,1H3,(H,9,10);1-4H,(H,9,10);2*1H4. The molecule has 2 N–H and O–H groups in total. The van der Waals surface area contributed by atoms with E-state index in [9.17, 15) is 0 Å². The Kier molecular flexibility index (Phi) is 6.60. The normalized spacial score (nSPS) is 9.48. The molecule has 4 aromatic heterocycles. The lowest BCUT2D eigenvalue weighted by molar-refractivity contribution is 0.419. The fourth-order valence-electron chi connectivity index (χ4n) is 2.04. The number of hydrogen-bond acceptors (Lipinski definition) is 3. The Morgan fingerprint density at radius 3 is 2.04 bits per heavy atom. The van der Waals surface area contributed by atoms with Gasteiger partial charge in [0.15, 0.2) is 0 Å². The van der Waals surface area contributed by atoms with Gasteiger partial charge in [-0.3, -0.25) is 0 Å². The molecule has 5 nitrogen and oxygen atoms in total. The summed E-state index contributed by atoms with van der Waals surface area (Å²) < 4.78 is 5.13. The third-order valence-corrected chi connectivity index (χ3v) is 3.38. The zero-order valence-electron chi connectivity index (χ0n) is 11.3. The second-order valence-corrected chi connectivity index (χ2v) is 4.69. The van der Waals surface area contributed by atoms with Crippen molar-refractivity contribution in [1.29, 1.82) is 0 Å². The van der Waals surface area contributed by atoms with Crippen LogP contribution in [0, 0.1) is 0 Å². The van der Waals surface area contributed by atoms with Crippen molar-refractivity contribution >= 4 is 33.7 Å². The number of pyridine rings is 2. The zero-order valence-corrected chi connectivity index (χ0v) is 12.1. The Balaban J connectivity index is 0.000000212. The van der Waals surface area contributed by atoms with Crippen LogP contribution in [0.1, 0.15) is 14.9 Å². The van der Waals surface area contributed by atoms with E-state index in [0.717, 1.165) is 32.8 Å². The number of rotatable bonds is 1. The molecule has 4 rings (SSSR count). The van der Waals surface area contributed by atoms with Crippen LogP contribution >= 0.6 is 11.6 Å². The van der Waals surface area contributed by atoms with Crippen molar-refractivity contribution in [1.82, 2.24) is 19.9 Å². The summed E-state index contributed by atoms with van der Waals surface area (Å²) in [6.45, 7) is 0. The molecule has 0 unspecified atom stereocenters. The third-order valence-electron chi connectivity index (χ3n) is 3.05. The number of hydrogen-bond donors (Lipinski definition) is 2. The van der Waals surface area contributed by atoms with Crippen molar-refractivity contribution in [3.8, 4) is 5.75 Å². The topological polar surface area (TPSA) is 66.6 Å². The number of nitrogens with zero attached hydrogens (tertiary/aromatic N) is 2. The number of aromatic nitrogens is 4. The molecule has 0 aliphatic heterocycles. The van der Waals surface area contributed by atoms with Crippen molar-refractivity contribution in [2.24, 2.45) is 0 Å². The Morgan fingerprint density at radius 1 is 0.870 bits per heavy atom. The van der Waals surface area contributed by atoms with E-state index in [1.165, 1.54) is 0 Å². The molecule has 0 bridgehead atoms. The highest BCUT2D eigenvalue weighted by Crippen LogP contribution is 2.21. The van der Waals surface area contributed by atoms with Crippen LogP contribution in [0.25, 0.3) is 22.1 Å². The Morgan fingerprint density at radius 2 is 1.43 bits per heavy atom. The molecule has 6 heteroatoms. The quantitative estimate of drug-likeness (QED) is 0.512. The second-order valence-electron chi connectivity index (χ2n) is 4.29. The number of nitrogens with one attached hydrogen (secondary N) is 2. The van der Waals surface area contributed by atoms with Crippen LogP contribution in [-0.2, 0) is 0 Å². The molecule has 0 fully saturated rings. The van der Waals surface area contributed by atoms with E-state index < -0.39 is 0 Å². The maximum Gasteiger partial charge on any atom is 0.140 e. The summed E-state index contributed by atoms with van der Waals surface area (Å²) in [4.78, 5) is 14.1. The van der Waals surface area contributed by atoms with Crippen LogP contribution < -0.4 is 4.74 Å². The SMILES string of the molecule is C.C.COc1ccnc2[nH]ccc12.Clc1ccnc2[nH]ccc12. The molecule has 4 heterocycles. The maximum atomic E-state index is 5.84.